The Morgan fingerprint density at radius 3 is 2.36 bits per heavy atom. The Hall–Kier alpha value is -3.58. The number of nitrogens with zero attached hydrogens (tertiary/aromatic N) is 1. The molecule has 0 aliphatic carbocycles. The molecule has 0 spiro atoms. The minimum absolute atomic E-state index is 0.0509. The van der Waals surface area contributed by atoms with Gasteiger partial charge in [0, 0.05) is 16.6 Å². The lowest BCUT2D eigenvalue weighted by atomic mass is 9.95. The van der Waals surface area contributed by atoms with Crippen molar-refractivity contribution in [1.82, 2.24) is 4.90 Å². The second-order valence-corrected chi connectivity index (χ2v) is 8.74. The van der Waals surface area contributed by atoms with Gasteiger partial charge < -0.3 is 19.5 Å². The van der Waals surface area contributed by atoms with Gasteiger partial charge in [-0.25, -0.2) is 0 Å². The van der Waals surface area contributed by atoms with E-state index in [9.17, 15) is 14.7 Å². The van der Waals surface area contributed by atoms with Crippen LogP contribution in [0.3, 0.4) is 0 Å². The minimum atomic E-state index is -0.730. The molecule has 3 aromatic rings. The summed E-state index contributed by atoms with van der Waals surface area (Å²) in [7, 11) is 0. The van der Waals surface area contributed by atoms with Crippen molar-refractivity contribution in [3.05, 3.63) is 99.5 Å². The Labute approximate surface area is 199 Å². The fourth-order valence-corrected chi connectivity index (χ4v) is 4.43. The summed E-state index contributed by atoms with van der Waals surface area (Å²) in [5, 5.41) is 11.3. The van der Waals surface area contributed by atoms with Crippen LogP contribution in [0, 0.1) is 0 Å². The zero-order chi connectivity index (χ0) is 22.9. The number of Topliss-reactive ketones (excluding diaryl/α,β-unsaturated/α-hetero) is 1. The predicted molar refractivity (Wildman–Crippen MR) is 126 cm³/mol. The summed E-state index contributed by atoms with van der Waals surface area (Å²) >= 11 is 3.43. The number of aliphatic hydroxyl groups is 1. The van der Waals surface area contributed by atoms with Gasteiger partial charge in [0.25, 0.3) is 11.7 Å². The number of rotatable bonds is 4. The molecule has 0 aromatic heterocycles. The van der Waals surface area contributed by atoms with Crippen molar-refractivity contribution < 1.29 is 24.2 Å². The second-order valence-electron chi connectivity index (χ2n) is 7.82. The molecule has 2 aliphatic rings. The average Bonchev–Trinajstić information content (AvgIpc) is 3.09. The summed E-state index contributed by atoms with van der Waals surface area (Å²) in [6.07, 6.45) is 0. The standard InChI is InChI=1S/C26H20BrNO5/c27-19-9-6-17(7-10-19)23-22(24(29)18-8-11-20-21(14-18)33-13-12-32-20)25(30)26(31)28(23)15-16-4-2-1-3-5-16/h1-11,14,23,29H,12-13,15H2/b24-22+/t23-/m1/s1. The van der Waals surface area contributed by atoms with E-state index in [1.165, 1.54) is 4.90 Å². The number of fused-ring (bicyclic) bond motifs is 1. The van der Waals surface area contributed by atoms with E-state index in [4.69, 9.17) is 9.47 Å². The molecule has 0 unspecified atom stereocenters. The second kappa shape index (κ2) is 8.75. The van der Waals surface area contributed by atoms with Gasteiger partial charge >= 0.3 is 0 Å². The molecule has 166 valence electrons. The number of likely N-dealkylation sites (tertiary alicyclic amines) is 1. The molecule has 6 nitrogen and oxygen atoms in total. The molecule has 1 atom stereocenters. The molecule has 0 radical (unpaired) electrons. The first-order valence-corrected chi connectivity index (χ1v) is 11.3. The third-order valence-corrected chi connectivity index (χ3v) is 6.27. The van der Waals surface area contributed by atoms with Crippen LogP contribution in [0.15, 0.2) is 82.8 Å². The number of aliphatic hydroxyl groups excluding tert-OH is 1. The number of amides is 1. The smallest absolute Gasteiger partial charge is 0.295 e. The van der Waals surface area contributed by atoms with Gasteiger partial charge in [-0.3, -0.25) is 9.59 Å². The number of ketones is 1. The maximum Gasteiger partial charge on any atom is 0.295 e. The fraction of sp³-hybridized carbons (Fsp3) is 0.154. The summed E-state index contributed by atoms with van der Waals surface area (Å²) in [6, 6.07) is 21.1. The van der Waals surface area contributed by atoms with E-state index in [2.05, 4.69) is 15.9 Å². The number of benzene rings is 3. The van der Waals surface area contributed by atoms with Crippen LogP contribution in [0.25, 0.3) is 5.76 Å². The van der Waals surface area contributed by atoms with Crippen LogP contribution in [0.2, 0.25) is 0 Å². The topological polar surface area (TPSA) is 76.1 Å². The highest BCUT2D eigenvalue weighted by molar-refractivity contribution is 9.10. The van der Waals surface area contributed by atoms with Gasteiger partial charge in [-0.1, -0.05) is 58.4 Å². The Morgan fingerprint density at radius 1 is 0.939 bits per heavy atom. The first kappa shape index (κ1) is 21.3. The van der Waals surface area contributed by atoms with E-state index in [1.807, 2.05) is 54.6 Å². The molecule has 1 saturated heterocycles. The monoisotopic (exact) mass is 505 g/mol. The largest absolute Gasteiger partial charge is 0.507 e. The van der Waals surface area contributed by atoms with E-state index in [-0.39, 0.29) is 17.9 Å². The molecular weight excluding hydrogens is 486 g/mol. The summed E-state index contributed by atoms with van der Waals surface area (Å²) in [5.74, 6) is -0.540. The Bertz CT molecular complexity index is 1250. The summed E-state index contributed by atoms with van der Waals surface area (Å²) in [4.78, 5) is 27.8. The SMILES string of the molecule is O=C1C(=O)N(Cc2ccccc2)[C@H](c2ccc(Br)cc2)/C1=C(\O)c1ccc2c(c1)OCCO2. The van der Waals surface area contributed by atoms with Crippen LogP contribution in [0.1, 0.15) is 22.7 Å². The Balaban J connectivity index is 1.63. The van der Waals surface area contributed by atoms with Crippen LogP contribution < -0.4 is 9.47 Å². The number of ether oxygens (including phenoxy) is 2. The van der Waals surface area contributed by atoms with Crippen LogP contribution in [-0.4, -0.2) is 34.9 Å². The summed E-state index contributed by atoms with van der Waals surface area (Å²) in [5.41, 5.74) is 2.06. The van der Waals surface area contributed by atoms with Crippen LogP contribution in [0.5, 0.6) is 11.5 Å². The van der Waals surface area contributed by atoms with Crippen LogP contribution in [0.4, 0.5) is 0 Å². The van der Waals surface area contributed by atoms with Gasteiger partial charge in [0.15, 0.2) is 11.5 Å². The third kappa shape index (κ3) is 4.00. The van der Waals surface area contributed by atoms with Gasteiger partial charge in [0.05, 0.1) is 11.6 Å². The normalized spacial score (nSPS) is 19.1. The summed E-state index contributed by atoms with van der Waals surface area (Å²) < 4.78 is 12.0. The number of carbonyl (C=O) groups is 2. The molecule has 5 rings (SSSR count). The Morgan fingerprint density at radius 2 is 1.64 bits per heavy atom. The highest BCUT2D eigenvalue weighted by atomic mass is 79.9. The van der Waals surface area contributed by atoms with Crippen LogP contribution >= 0.6 is 15.9 Å². The molecule has 1 amide bonds. The van der Waals surface area contributed by atoms with Crippen molar-refractivity contribution >= 4 is 33.4 Å². The molecule has 0 saturated carbocycles. The molecule has 7 heteroatoms. The first-order valence-electron chi connectivity index (χ1n) is 10.5. The van der Waals surface area contributed by atoms with Gasteiger partial charge in [0.2, 0.25) is 0 Å². The maximum atomic E-state index is 13.2. The average molecular weight is 506 g/mol. The molecule has 1 N–H and O–H groups in total. The van der Waals surface area contributed by atoms with Crippen molar-refractivity contribution in [1.29, 1.82) is 0 Å². The van der Waals surface area contributed by atoms with Crippen molar-refractivity contribution in [3.63, 3.8) is 0 Å². The van der Waals surface area contributed by atoms with Crippen molar-refractivity contribution in [2.45, 2.75) is 12.6 Å². The fourth-order valence-electron chi connectivity index (χ4n) is 4.16. The molecule has 2 aliphatic heterocycles. The third-order valence-electron chi connectivity index (χ3n) is 5.74. The van der Waals surface area contributed by atoms with E-state index in [0.717, 1.165) is 15.6 Å². The highest BCUT2D eigenvalue weighted by Crippen LogP contribution is 2.42. The quantitative estimate of drug-likeness (QED) is 0.311. The molecular formula is C26H20BrNO5. The first-order chi connectivity index (χ1) is 16.0. The van der Waals surface area contributed by atoms with Crippen molar-refractivity contribution in [2.24, 2.45) is 0 Å². The van der Waals surface area contributed by atoms with E-state index in [0.29, 0.717) is 30.3 Å². The number of halogens is 1. The highest BCUT2D eigenvalue weighted by Gasteiger charge is 2.46. The number of hydrogen-bond donors (Lipinski definition) is 1. The lowest BCUT2D eigenvalue weighted by Crippen LogP contribution is -2.29. The number of hydrogen-bond acceptors (Lipinski definition) is 5. The zero-order valence-electron chi connectivity index (χ0n) is 17.5. The lowest BCUT2D eigenvalue weighted by Gasteiger charge is -2.25. The predicted octanol–water partition coefficient (Wildman–Crippen LogP) is 4.84. The van der Waals surface area contributed by atoms with Gasteiger partial charge in [-0.05, 0) is 41.5 Å². The number of carbonyl (C=O) groups excluding carboxylic acids is 2. The zero-order valence-corrected chi connectivity index (χ0v) is 19.1. The van der Waals surface area contributed by atoms with E-state index >= 15 is 0 Å². The van der Waals surface area contributed by atoms with E-state index in [1.54, 1.807) is 18.2 Å². The Kier molecular flexibility index (Phi) is 5.64. The summed E-state index contributed by atoms with van der Waals surface area (Å²) in [6.45, 7) is 1.09. The van der Waals surface area contributed by atoms with Crippen molar-refractivity contribution in [2.75, 3.05) is 13.2 Å². The van der Waals surface area contributed by atoms with E-state index < -0.39 is 17.7 Å². The minimum Gasteiger partial charge on any atom is -0.507 e. The molecule has 3 aromatic carbocycles. The molecule has 1 fully saturated rings. The molecule has 2 heterocycles. The maximum absolute atomic E-state index is 13.2. The molecule has 0 bridgehead atoms. The van der Waals surface area contributed by atoms with Crippen molar-refractivity contribution in [3.8, 4) is 11.5 Å². The van der Waals surface area contributed by atoms with Crippen LogP contribution in [-0.2, 0) is 16.1 Å². The van der Waals surface area contributed by atoms with Gasteiger partial charge in [0.1, 0.15) is 19.0 Å². The molecule has 33 heavy (non-hydrogen) atoms. The lowest BCUT2D eigenvalue weighted by molar-refractivity contribution is -0.140. The van der Waals surface area contributed by atoms with Gasteiger partial charge in [-0.2, -0.15) is 0 Å². The van der Waals surface area contributed by atoms with Gasteiger partial charge in [-0.15, -0.1) is 0 Å².